The summed E-state index contributed by atoms with van der Waals surface area (Å²) in [6, 6.07) is 18.6. The highest BCUT2D eigenvalue weighted by Gasteiger charge is 2.34. The van der Waals surface area contributed by atoms with Crippen molar-refractivity contribution in [1.29, 1.82) is 0 Å². The fourth-order valence-corrected chi connectivity index (χ4v) is 6.03. The van der Waals surface area contributed by atoms with Crippen LogP contribution in [0.15, 0.2) is 77.7 Å². The van der Waals surface area contributed by atoms with Crippen LogP contribution >= 0.6 is 23.2 Å². The van der Waals surface area contributed by atoms with E-state index in [1.165, 1.54) is 29.2 Å². The maximum Gasteiger partial charge on any atom is 0.264 e. The van der Waals surface area contributed by atoms with Gasteiger partial charge in [-0.2, -0.15) is 0 Å². The standard InChI is InChI=1S/C29H33Cl2N3O5S/c1-4-18-32-29(36)25(5-2)33(19-21-14-16-22(39-3)17-15-21)27(35)20-34(26-13-9-12-24(30)28(26)31)40(37,38)23-10-7-6-8-11-23/h6-17,25H,4-5,18-20H2,1-3H3,(H,32,36)/t25-/m0/s1. The normalized spacial score (nSPS) is 11.9. The van der Waals surface area contributed by atoms with Crippen LogP contribution in [-0.4, -0.2) is 51.4 Å². The molecule has 1 N–H and O–H groups in total. The highest BCUT2D eigenvalue weighted by molar-refractivity contribution is 7.92. The number of nitrogens with zero attached hydrogens (tertiary/aromatic N) is 2. The SMILES string of the molecule is CCCNC(=O)[C@H](CC)N(Cc1ccc(OC)cc1)C(=O)CN(c1cccc(Cl)c1Cl)S(=O)(=O)c1ccccc1. The van der Waals surface area contributed by atoms with Gasteiger partial charge >= 0.3 is 0 Å². The van der Waals surface area contributed by atoms with Gasteiger partial charge in [-0.3, -0.25) is 13.9 Å². The summed E-state index contributed by atoms with van der Waals surface area (Å²) in [6.07, 6.45) is 1.05. The first-order chi connectivity index (χ1) is 19.1. The minimum absolute atomic E-state index is 0.00842. The summed E-state index contributed by atoms with van der Waals surface area (Å²) < 4.78 is 33.9. The number of hydrogen-bond donors (Lipinski definition) is 1. The number of amides is 2. The van der Waals surface area contributed by atoms with Crippen molar-refractivity contribution in [2.24, 2.45) is 0 Å². The van der Waals surface area contributed by atoms with E-state index >= 15 is 0 Å². The molecule has 0 fully saturated rings. The first kappa shape index (κ1) is 31.3. The lowest BCUT2D eigenvalue weighted by Crippen LogP contribution is -2.52. The molecule has 11 heteroatoms. The second kappa shape index (κ2) is 14.4. The Balaban J connectivity index is 2.07. The molecule has 0 unspecified atom stereocenters. The molecule has 2 amide bonds. The van der Waals surface area contributed by atoms with Crippen molar-refractivity contribution in [2.75, 3.05) is 24.5 Å². The third-order valence-corrected chi connectivity index (χ3v) is 8.84. The molecule has 0 aliphatic rings. The van der Waals surface area contributed by atoms with E-state index in [1.54, 1.807) is 62.6 Å². The monoisotopic (exact) mass is 605 g/mol. The zero-order chi connectivity index (χ0) is 29.3. The zero-order valence-corrected chi connectivity index (χ0v) is 25.0. The third kappa shape index (κ3) is 7.47. The van der Waals surface area contributed by atoms with Crippen molar-refractivity contribution < 1.29 is 22.7 Å². The number of anilines is 1. The predicted molar refractivity (Wildman–Crippen MR) is 158 cm³/mol. The number of benzene rings is 3. The van der Waals surface area contributed by atoms with E-state index < -0.39 is 28.5 Å². The van der Waals surface area contributed by atoms with Crippen LogP contribution in [0.3, 0.4) is 0 Å². The quantitative estimate of drug-likeness (QED) is 0.276. The van der Waals surface area contributed by atoms with Crippen LogP contribution in [0.1, 0.15) is 32.3 Å². The van der Waals surface area contributed by atoms with E-state index in [0.717, 1.165) is 16.3 Å². The molecule has 0 saturated carbocycles. The summed E-state index contributed by atoms with van der Waals surface area (Å²) in [6.45, 7) is 3.65. The van der Waals surface area contributed by atoms with Crippen molar-refractivity contribution in [3.05, 3.63) is 88.4 Å². The molecule has 0 heterocycles. The number of methoxy groups -OCH3 is 1. The van der Waals surface area contributed by atoms with Crippen LogP contribution in [0.25, 0.3) is 0 Å². The topological polar surface area (TPSA) is 96.0 Å². The number of carbonyl (C=O) groups is 2. The lowest BCUT2D eigenvalue weighted by Gasteiger charge is -2.33. The van der Waals surface area contributed by atoms with Crippen LogP contribution in [0, 0.1) is 0 Å². The molecule has 8 nitrogen and oxygen atoms in total. The first-order valence-electron chi connectivity index (χ1n) is 12.9. The lowest BCUT2D eigenvalue weighted by atomic mass is 10.1. The second-order valence-electron chi connectivity index (χ2n) is 8.98. The van der Waals surface area contributed by atoms with Crippen LogP contribution in [0.4, 0.5) is 5.69 Å². The Morgan fingerprint density at radius 2 is 1.62 bits per heavy atom. The third-order valence-electron chi connectivity index (χ3n) is 6.26. The molecule has 3 aromatic carbocycles. The number of sulfonamides is 1. The van der Waals surface area contributed by atoms with Gasteiger partial charge in [0.05, 0.1) is 27.7 Å². The van der Waals surface area contributed by atoms with Gasteiger partial charge in [0.1, 0.15) is 18.3 Å². The second-order valence-corrected chi connectivity index (χ2v) is 11.6. The Hall–Kier alpha value is -3.27. The Bertz CT molecular complexity index is 1400. The van der Waals surface area contributed by atoms with E-state index in [2.05, 4.69) is 5.32 Å². The van der Waals surface area contributed by atoms with Gasteiger partial charge in [-0.05, 0) is 54.8 Å². The zero-order valence-electron chi connectivity index (χ0n) is 22.6. The summed E-state index contributed by atoms with van der Waals surface area (Å²) in [7, 11) is -2.69. The molecule has 214 valence electrons. The fourth-order valence-electron chi connectivity index (χ4n) is 4.13. The minimum atomic E-state index is -4.25. The summed E-state index contributed by atoms with van der Waals surface area (Å²) in [5.74, 6) is -0.251. The van der Waals surface area contributed by atoms with Crippen LogP contribution in [-0.2, 0) is 26.2 Å². The molecule has 0 radical (unpaired) electrons. The summed E-state index contributed by atoms with van der Waals surface area (Å²) in [5.41, 5.74) is 0.799. The summed E-state index contributed by atoms with van der Waals surface area (Å²) >= 11 is 12.7. The lowest BCUT2D eigenvalue weighted by molar-refractivity contribution is -0.140. The van der Waals surface area contributed by atoms with Gasteiger partial charge in [0.2, 0.25) is 11.8 Å². The Morgan fingerprint density at radius 3 is 2.23 bits per heavy atom. The predicted octanol–water partition coefficient (Wildman–Crippen LogP) is 5.53. The average molecular weight is 607 g/mol. The average Bonchev–Trinajstić information content (AvgIpc) is 2.96. The van der Waals surface area contributed by atoms with E-state index in [-0.39, 0.29) is 33.1 Å². The van der Waals surface area contributed by atoms with Gasteiger partial charge in [-0.15, -0.1) is 0 Å². The molecule has 0 aliphatic heterocycles. The van der Waals surface area contributed by atoms with Crippen molar-refractivity contribution >= 4 is 50.7 Å². The Morgan fingerprint density at radius 1 is 0.950 bits per heavy atom. The fraction of sp³-hybridized carbons (Fsp3) is 0.310. The number of halogens is 2. The van der Waals surface area contributed by atoms with Gasteiger partial charge in [-0.1, -0.05) is 73.4 Å². The molecule has 0 saturated heterocycles. The molecule has 3 aromatic rings. The number of hydrogen-bond acceptors (Lipinski definition) is 5. The van der Waals surface area contributed by atoms with Crippen LogP contribution in [0.5, 0.6) is 5.75 Å². The largest absolute Gasteiger partial charge is 0.497 e. The molecule has 0 aliphatic carbocycles. The van der Waals surface area contributed by atoms with E-state index in [1.807, 2.05) is 6.92 Å². The van der Waals surface area contributed by atoms with Gasteiger partial charge < -0.3 is 15.0 Å². The molecular formula is C29H33Cl2N3O5S. The highest BCUT2D eigenvalue weighted by atomic mass is 35.5. The molecule has 1 atom stereocenters. The van der Waals surface area contributed by atoms with Crippen molar-refractivity contribution in [3.8, 4) is 5.75 Å². The van der Waals surface area contributed by atoms with Crippen molar-refractivity contribution in [1.82, 2.24) is 10.2 Å². The molecule has 3 rings (SSSR count). The Kier molecular flexibility index (Phi) is 11.2. The van der Waals surface area contributed by atoms with Crippen molar-refractivity contribution in [3.63, 3.8) is 0 Å². The van der Waals surface area contributed by atoms with Gasteiger partial charge in [-0.25, -0.2) is 8.42 Å². The smallest absolute Gasteiger partial charge is 0.264 e. The Labute approximate surface area is 245 Å². The van der Waals surface area contributed by atoms with Crippen LogP contribution < -0.4 is 14.4 Å². The highest BCUT2D eigenvalue weighted by Crippen LogP contribution is 2.35. The van der Waals surface area contributed by atoms with Gasteiger partial charge in [0.15, 0.2) is 0 Å². The number of carbonyl (C=O) groups excluding carboxylic acids is 2. The molecule has 0 spiro atoms. The first-order valence-corrected chi connectivity index (χ1v) is 15.1. The maximum atomic E-state index is 14.0. The van der Waals surface area contributed by atoms with Gasteiger partial charge in [0, 0.05) is 13.1 Å². The summed E-state index contributed by atoms with van der Waals surface area (Å²) in [5, 5.41) is 2.99. The molecule has 0 aromatic heterocycles. The van der Waals surface area contributed by atoms with Crippen molar-refractivity contribution in [2.45, 2.75) is 44.2 Å². The van der Waals surface area contributed by atoms with E-state index in [4.69, 9.17) is 27.9 Å². The minimum Gasteiger partial charge on any atom is -0.497 e. The van der Waals surface area contributed by atoms with Gasteiger partial charge in [0.25, 0.3) is 10.0 Å². The van der Waals surface area contributed by atoms with Crippen LogP contribution in [0.2, 0.25) is 10.0 Å². The molecular weight excluding hydrogens is 573 g/mol. The van der Waals surface area contributed by atoms with E-state index in [9.17, 15) is 18.0 Å². The molecule has 40 heavy (non-hydrogen) atoms. The number of rotatable bonds is 13. The maximum absolute atomic E-state index is 14.0. The summed E-state index contributed by atoms with van der Waals surface area (Å²) in [4.78, 5) is 28.6. The number of ether oxygens (including phenoxy) is 1. The van der Waals surface area contributed by atoms with E-state index in [0.29, 0.717) is 18.7 Å². The number of nitrogens with one attached hydrogen (secondary N) is 1. The molecule has 0 bridgehead atoms.